The van der Waals surface area contributed by atoms with E-state index in [9.17, 15) is 4.79 Å². The third kappa shape index (κ3) is 3.63. The first-order chi connectivity index (χ1) is 9.06. The van der Waals surface area contributed by atoms with Crippen LogP contribution in [0.1, 0.15) is 15.9 Å². The summed E-state index contributed by atoms with van der Waals surface area (Å²) in [6.07, 6.45) is 0. The van der Waals surface area contributed by atoms with Crippen molar-refractivity contribution in [2.24, 2.45) is 0 Å². The Kier molecular flexibility index (Phi) is 4.30. The van der Waals surface area contributed by atoms with Crippen LogP contribution in [0.3, 0.4) is 0 Å². The van der Waals surface area contributed by atoms with Gasteiger partial charge in [0.15, 0.2) is 0 Å². The van der Waals surface area contributed by atoms with Gasteiger partial charge in [0.1, 0.15) is 12.4 Å². The van der Waals surface area contributed by atoms with E-state index in [1.54, 1.807) is 18.2 Å². The second kappa shape index (κ2) is 5.95. The third-order valence-electron chi connectivity index (χ3n) is 2.48. The van der Waals surface area contributed by atoms with Crippen LogP contribution in [0.15, 0.2) is 42.5 Å². The van der Waals surface area contributed by atoms with Gasteiger partial charge >= 0.3 is 5.97 Å². The lowest BCUT2D eigenvalue weighted by Gasteiger charge is -2.07. The van der Waals surface area contributed by atoms with Crippen molar-refractivity contribution in [1.82, 2.24) is 0 Å². The quantitative estimate of drug-likeness (QED) is 0.869. The van der Waals surface area contributed by atoms with Crippen LogP contribution in [0.4, 0.5) is 0 Å². The average Bonchev–Trinajstić information content (AvgIpc) is 2.38. The molecule has 5 heteroatoms. The highest BCUT2D eigenvalue weighted by molar-refractivity contribution is 6.35. The van der Waals surface area contributed by atoms with E-state index in [0.29, 0.717) is 21.2 Å². The molecule has 0 aliphatic rings. The van der Waals surface area contributed by atoms with Gasteiger partial charge in [0, 0.05) is 15.6 Å². The fourth-order valence-corrected chi connectivity index (χ4v) is 1.93. The van der Waals surface area contributed by atoms with Gasteiger partial charge in [-0.15, -0.1) is 0 Å². The minimum absolute atomic E-state index is 0.0652. The zero-order chi connectivity index (χ0) is 13.8. The zero-order valence-corrected chi connectivity index (χ0v) is 11.3. The first kappa shape index (κ1) is 13.7. The van der Waals surface area contributed by atoms with E-state index < -0.39 is 5.97 Å². The monoisotopic (exact) mass is 296 g/mol. The van der Waals surface area contributed by atoms with Gasteiger partial charge in [-0.05, 0) is 36.4 Å². The van der Waals surface area contributed by atoms with Crippen LogP contribution in [0.5, 0.6) is 5.75 Å². The number of aromatic hydroxyl groups is 1. The van der Waals surface area contributed by atoms with Crippen LogP contribution in [0.25, 0.3) is 0 Å². The third-order valence-corrected chi connectivity index (χ3v) is 3.06. The number of esters is 1. The van der Waals surface area contributed by atoms with E-state index in [4.69, 9.17) is 33.0 Å². The molecular weight excluding hydrogens is 287 g/mol. The van der Waals surface area contributed by atoms with Gasteiger partial charge in [0.05, 0.1) is 5.56 Å². The number of carbonyl (C=O) groups is 1. The van der Waals surface area contributed by atoms with Crippen LogP contribution in [0, 0.1) is 0 Å². The number of hydrogen-bond donors (Lipinski definition) is 1. The Morgan fingerprint density at radius 1 is 1.11 bits per heavy atom. The maximum Gasteiger partial charge on any atom is 0.338 e. The summed E-state index contributed by atoms with van der Waals surface area (Å²) in [6.45, 7) is 0.0652. The summed E-state index contributed by atoms with van der Waals surface area (Å²) < 4.78 is 5.13. The fraction of sp³-hybridized carbons (Fsp3) is 0.0714. The molecule has 0 radical (unpaired) electrons. The summed E-state index contributed by atoms with van der Waals surface area (Å²) in [7, 11) is 0. The molecule has 3 nitrogen and oxygen atoms in total. The highest BCUT2D eigenvalue weighted by atomic mass is 35.5. The summed E-state index contributed by atoms with van der Waals surface area (Å²) >= 11 is 11.7. The molecular formula is C14H10Cl2O3. The van der Waals surface area contributed by atoms with Crippen LogP contribution in [0.2, 0.25) is 10.0 Å². The molecule has 0 saturated carbocycles. The lowest BCUT2D eigenvalue weighted by molar-refractivity contribution is 0.0473. The summed E-state index contributed by atoms with van der Waals surface area (Å²) in [5, 5.41) is 10.1. The summed E-state index contributed by atoms with van der Waals surface area (Å²) in [5.74, 6) is -0.386. The Labute approximate surface area is 120 Å². The van der Waals surface area contributed by atoms with Crippen LogP contribution >= 0.6 is 23.2 Å². The summed E-state index contributed by atoms with van der Waals surface area (Å²) in [5.41, 5.74) is 1.04. The lowest BCUT2D eigenvalue weighted by Crippen LogP contribution is -2.05. The molecule has 0 spiro atoms. The van der Waals surface area contributed by atoms with Crippen molar-refractivity contribution in [2.75, 3.05) is 0 Å². The molecule has 0 saturated heterocycles. The topological polar surface area (TPSA) is 46.5 Å². The molecule has 2 aromatic carbocycles. The van der Waals surface area contributed by atoms with Crippen molar-refractivity contribution >= 4 is 29.2 Å². The van der Waals surface area contributed by atoms with Gasteiger partial charge in [0.25, 0.3) is 0 Å². The van der Waals surface area contributed by atoms with Crippen molar-refractivity contribution in [3.05, 3.63) is 63.6 Å². The average molecular weight is 297 g/mol. The molecule has 2 rings (SSSR count). The SMILES string of the molecule is O=C(OCc1ccc(Cl)cc1Cl)c1ccc(O)cc1. The van der Waals surface area contributed by atoms with E-state index in [1.807, 2.05) is 0 Å². The number of ether oxygens (including phenoxy) is 1. The molecule has 0 amide bonds. The normalized spacial score (nSPS) is 10.2. The molecule has 1 N–H and O–H groups in total. The predicted molar refractivity (Wildman–Crippen MR) is 73.7 cm³/mol. The van der Waals surface area contributed by atoms with Gasteiger partial charge < -0.3 is 9.84 Å². The van der Waals surface area contributed by atoms with Crippen LogP contribution < -0.4 is 0 Å². The van der Waals surface area contributed by atoms with Gasteiger partial charge in [-0.1, -0.05) is 29.3 Å². The zero-order valence-electron chi connectivity index (χ0n) is 9.77. The van der Waals surface area contributed by atoms with Gasteiger partial charge in [-0.3, -0.25) is 0 Å². The van der Waals surface area contributed by atoms with E-state index >= 15 is 0 Å². The number of benzene rings is 2. The first-order valence-electron chi connectivity index (χ1n) is 5.46. The maximum absolute atomic E-state index is 11.7. The fourth-order valence-electron chi connectivity index (χ4n) is 1.46. The smallest absolute Gasteiger partial charge is 0.338 e. The highest BCUT2D eigenvalue weighted by Crippen LogP contribution is 2.22. The van der Waals surface area contributed by atoms with Gasteiger partial charge in [-0.25, -0.2) is 4.79 Å². The number of halogens is 2. The Balaban J connectivity index is 2.02. The summed E-state index contributed by atoms with van der Waals surface area (Å²) in [4.78, 5) is 11.7. The standard InChI is InChI=1S/C14H10Cl2O3/c15-11-4-1-10(13(16)7-11)8-19-14(18)9-2-5-12(17)6-3-9/h1-7,17H,8H2. The molecule has 0 atom stereocenters. The lowest BCUT2D eigenvalue weighted by atomic mass is 10.2. The van der Waals surface area contributed by atoms with Crippen molar-refractivity contribution in [2.45, 2.75) is 6.61 Å². The van der Waals surface area contributed by atoms with Gasteiger partial charge in [0.2, 0.25) is 0 Å². The number of phenols is 1. The molecule has 0 heterocycles. The molecule has 0 aromatic heterocycles. The summed E-state index contributed by atoms with van der Waals surface area (Å²) in [6, 6.07) is 10.8. The number of rotatable bonds is 3. The molecule has 2 aromatic rings. The van der Waals surface area contributed by atoms with Crippen LogP contribution in [-0.4, -0.2) is 11.1 Å². The predicted octanol–water partition coefficient (Wildman–Crippen LogP) is 4.06. The Morgan fingerprint density at radius 2 is 1.79 bits per heavy atom. The van der Waals surface area contributed by atoms with E-state index in [-0.39, 0.29) is 12.4 Å². The van der Waals surface area contributed by atoms with Crippen LogP contribution in [-0.2, 0) is 11.3 Å². The minimum Gasteiger partial charge on any atom is -0.508 e. The van der Waals surface area contributed by atoms with E-state index in [1.165, 1.54) is 24.3 Å². The Bertz CT molecular complexity index is 594. The molecule has 0 aliphatic heterocycles. The number of carbonyl (C=O) groups excluding carboxylic acids is 1. The van der Waals surface area contributed by atoms with Crippen molar-refractivity contribution < 1.29 is 14.6 Å². The van der Waals surface area contributed by atoms with E-state index in [0.717, 1.165) is 0 Å². The molecule has 0 fully saturated rings. The second-order valence-electron chi connectivity index (χ2n) is 3.86. The molecule has 0 aliphatic carbocycles. The van der Waals surface area contributed by atoms with Gasteiger partial charge in [-0.2, -0.15) is 0 Å². The van der Waals surface area contributed by atoms with Crippen molar-refractivity contribution in [3.63, 3.8) is 0 Å². The van der Waals surface area contributed by atoms with Crippen molar-refractivity contribution in [1.29, 1.82) is 0 Å². The Morgan fingerprint density at radius 3 is 2.42 bits per heavy atom. The number of phenolic OH excluding ortho intramolecular Hbond substituents is 1. The largest absolute Gasteiger partial charge is 0.508 e. The minimum atomic E-state index is -0.481. The van der Waals surface area contributed by atoms with Crippen molar-refractivity contribution in [3.8, 4) is 5.75 Å². The highest BCUT2D eigenvalue weighted by Gasteiger charge is 2.09. The first-order valence-corrected chi connectivity index (χ1v) is 6.22. The second-order valence-corrected chi connectivity index (χ2v) is 4.70. The molecule has 0 unspecified atom stereocenters. The van der Waals surface area contributed by atoms with E-state index in [2.05, 4.69) is 0 Å². The number of hydrogen-bond acceptors (Lipinski definition) is 3. The maximum atomic E-state index is 11.7. The molecule has 19 heavy (non-hydrogen) atoms. The Hall–Kier alpha value is -1.71. The molecule has 98 valence electrons. The molecule has 0 bridgehead atoms.